The average Bonchev–Trinajstić information content (AvgIpc) is 3.95. The molecule has 0 fully saturated rings. The Labute approximate surface area is 340 Å². The van der Waals surface area contributed by atoms with Crippen molar-refractivity contribution in [2.24, 2.45) is 0 Å². The van der Waals surface area contributed by atoms with Gasteiger partial charge < -0.3 is 19.1 Å². The third-order valence-electron chi connectivity index (χ3n) is 12.0. The van der Waals surface area contributed by atoms with Gasteiger partial charge in [-0.25, -0.2) is 9.97 Å². The molecule has 7 nitrogen and oxygen atoms in total. The van der Waals surface area contributed by atoms with Gasteiger partial charge in [0, 0.05) is 56.3 Å². The predicted octanol–water partition coefficient (Wildman–Crippen LogP) is 13.3. The topological polar surface area (TPSA) is 50.8 Å². The third kappa shape index (κ3) is 4.94. The fourth-order valence-electron chi connectivity index (χ4n) is 9.77. The monoisotopic (exact) mass is 762 g/mol. The molecule has 59 heavy (non-hydrogen) atoms. The van der Waals surface area contributed by atoms with Crippen LogP contribution in [0.15, 0.2) is 164 Å². The molecule has 0 atom stereocenters. The lowest BCUT2D eigenvalue weighted by atomic mass is 10.0. The van der Waals surface area contributed by atoms with Crippen molar-refractivity contribution >= 4 is 83.0 Å². The normalized spacial score (nSPS) is 12.9. The van der Waals surface area contributed by atoms with Crippen molar-refractivity contribution in [3.05, 3.63) is 181 Å². The van der Waals surface area contributed by atoms with Crippen molar-refractivity contribution in [3.8, 4) is 17.2 Å². The standard InChI is InChI=1S/C52H38N6O/c1-32-27-33(2)49(34(3)28-32)56-31-55(44-24-11-12-25-45(44)56)36-17-13-18-37(29-36)59-46-30-40-47(39-20-14-26-53-51(39)58-43-23-10-8-21-41(43)54-52(40)58)48-38-19-7-9-22-42(38)57(50(46)48)35-15-5-4-6-16-35/h4-30H,31H2,1-3H3. The van der Waals surface area contributed by atoms with Crippen LogP contribution in [-0.2, 0) is 0 Å². The molecule has 0 bridgehead atoms. The van der Waals surface area contributed by atoms with E-state index in [4.69, 9.17) is 14.7 Å². The number of benzene rings is 7. The van der Waals surface area contributed by atoms with Gasteiger partial charge >= 0.3 is 0 Å². The predicted molar refractivity (Wildman–Crippen MR) is 243 cm³/mol. The van der Waals surface area contributed by atoms with Gasteiger partial charge in [0.25, 0.3) is 0 Å². The molecule has 0 radical (unpaired) electrons. The molecule has 5 heterocycles. The number of anilines is 4. The molecule has 0 saturated carbocycles. The Morgan fingerprint density at radius 3 is 2.07 bits per heavy atom. The van der Waals surface area contributed by atoms with Crippen LogP contribution in [0.25, 0.3) is 66.0 Å². The van der Waals surface area contributed by atoms with E-state index in [9.17, 15) is 0 Å². The van der Waals surface area contributed by atoms with Gasteiger partial charge in [0.2, 0.25) is 0 Å². The van der Waals surface area contributed by atoms with Crippen molar-refractivity contribution in [2.45, 2.75) is 20.8 Å². The summed E-state index contributed by atoms with van der Waals surface area (Å²) < 4.78 is 11.8. The van der Waals surface area contributed by atoms with Gasteiger partial charge in [0.15, 0.2) is 5.75 Å². The van der Waals surface area contributed by atoms with E-state index < -0.39 is 0 Å². The third-order valence-corrected chi connectivity index (χ3v) is 12.0. The number of ether oxygens (including phenoxy) is 1. The largest absolute Gasteiger partial charge is 0.455 e. The van der Waals surface area contributed by atoms with Gasteiger partial charge in [-0.3, -0.25) is 4.40 Å². The number of imidazole rings is 1. The smallest absolute Gasteiger partial charge is 0.152 e. The molecule has 4 aromatic heterocycles. The highest BCUT2D eigenvalue weighted by atomic mass is 16.5. The van der Waals surface area contributed by atoms with E-state index in [0.717, 1.165) is 88.9 Å². The molecule has 0 spiro atoms. The fourth-order valence-corrected chi connectivity index (χ4v) is 9.77. The first-order chi connectivity index (χ1) is 29.0. The zero-order valence-corrected chi connectivity index (χ0v) is 32.9. The molecule has 1 aliphatic rings. The van der Waals surface area contributed by atoms with E-state index in [1.165, 1.54) is 28.1 Å². The van der Waals surface area contributed by atoms with Gasteiger partial charge in [-0.2, -0.15) is 0 Å². The van der Waals surface area contributed by atoms with Crippen molar-refractivity contribution in [3.63, 3.8) is 0 Å². The molecule has 0 aliphatic carbocycles. The van der Waals surface area contributed by atoms with Crippen LogP contribution in [0.2, 0.25) is 0 Å². The number of pyridine rings is 2. The summed E-state index contributed by atoms with van der Waals surface area (Å²) in [6.45, 7) is 7.28. The van der Waals surface area contributed by atoms with Crippen LogP contribution in [-0.4, -0.2) is 25.6 Å². The first-order valence-electron chi connectivity index (χ1n) is 20.1. The zero-order chi connectivity index (χ0) is 39.4. The molecule has 0 N–H and O–H groups in total. The number of hydrogen-bond donors (Lipinski definition) is 0. The number of para-hydroxylation sites is 6. The van der Waals surface area contributed by atoms with Crippen molar-refractivity contribution in [1.82, 2.24) is 18.9 Å². The molecule has 7 aromatic carbocycles. The summed E-state index contributed by atoms with van der Waals surface area (Å²) in [4.78, 5) is 15.1. The minimum absolute atomic E-state index is 0.683. The highest BCUT2D eigenvalue weighted by Crippen LogP contribution is 2.49. The Hall–Kier alpha value is -7.64. The zero-order valence-electron chi connectivity index (χ0n) is 32.9. The summed E-state index contributed by atoms with van der Waals surface area (Å²) in [5.41, 5.74) is 15.3. The highest BCUT2D eigenvalue weighted by molar-refractivity contribution is 6.31. The van der Waals surface area contributed by atoms with Gasteiger partial charge in [0.05, 0.1) is 33.4 Å². The Morgan fingerprint density at radius 2 is 1.24 bits per heavy atom. The van der Waals surface area contributed by atoms with E-state index in [2.05, 4.69) is 185 Å². The number of aryl methyl sites for hydroxylation is 3. The van der Waals surface area contributed by atoms with Crippen molar-refractivity contribution in [1.29, 1.82) is 0 Å². The second-order valence-electron chi connectivity index (χ2n) is 15.7. The Bertz CT molecular complexity index is 3490. The van der Waals surface area contributed by atoms with Crippen LogP contribution < -0.4 is 14.5 Å². The van der Waals surface area contributed by atoms with E-state index in [0.29, 0.717) is 6.67 Å². The summed E-state index contributed by atoms with van der Waals surface area (Å²) in [5, 5.41) is 5.41. The number of rotatable bonds is 5. The van der Waals surface area contributed by atoms with E-state index in [1.54, 1.807) is 0 Å². The average molecular weight is 763 g/mol. The minimum Gasteiger partial charge on any atom is -0.455 e. The summed E-state index contributed by atoms with van der Waals surface area (Å²) in [6, 6.07) is 55.7. The molecule has 1 aliphatic heterocycles. The van der Waals surface area contributed by atoms with E-state index in [1.807, 2.05) is 18.3 Å². The number of aromatic nitrogens is 4. The first-order valence-corrected chi connectivity index (χ1v) is 20.1. The molecular weight excluding hydrogens is 725 g/mol. The van der Waals surface area contributed by atoms with Crippen LogP contribution >= 0.6 is 0 Å². The van der Waals surface area contributed by atoms with Gasteiger partial charge in [-0.05, 0) is 105 Å². The second-order valence-corrected chi connectivity index (χ2v) is 15.7. The van der Waals surface area contributed by atoms with Crippen LogP contribution in [0.4, 0.5) is 22.7 Å². The molecule has 0 amide bonds. The van der Waals surface area contributed by atoms with Crippen molar-refractivity contribution < 1.29 is 4.74 Å². The quantitative estimate of drug-likeness (QED) is 0.163. The molecule has 282 valence electrons. The Balaban J connectivity index is 1.10. The summed E-state index contributed by atoms with van der Waals surface area (Å²) in [5.74, 6) is 1.50. The van der Waals surface area contributed by atoms with Crippen LogP contribution in [0.3, 0.4) is 0 Å². The van der Waals surface area contributed by atoms with Gasteiger partial charge in [0.1, 0.15) is 23.7 Å². The Morgan fingerprint density at radius 1 is 0.542 bits per heavy atom. The maximum atomic E-state index is 7.26. The molecule has 0 saturated heterocycles. The lowest BCUT2D eigenvalue weighted by Crippen LogP contribution is -2.25. The molecular formula is C52H38N6O. The summed E-state index contributed by atoms with van der Waals surface area (Å²) in [7, 11) is 0. The highest BCUT2D eigenvalue weighted by Gasteiger charge is 2.30. The molecule has 0 unspecified atom stereocenters. The van der Waals surface area contributed by atoms with E-state index >= 15 is 0 Å². The maximum Gasteiger partial charge on any atom is 0.152 e. The molecule has 7 heteroatoms. The number of nitrogens with zero attached hydrogens (tertiary/aromatic N) is 6. The lowest BCUT2D eigenvalue weighted by Gasteiger charge is -2.25. The SMILES string of the molecule is Cc1cc(C)c(N2CN(c3cccc(Oc4cc5c(c6cccnc6n6c7ccccc7nc56)c5c6ccccc6n(-c6ccccc6)c45)c3)c3ccccc32)c(C)c1. The van der Waals surface area contributed by atoms with Crippen LogP contribution in [0, 0.1) is 20.8 Å². The van der Waals surface area contributed by atoms with Gasteiger partial charge in [-0.1, -0.05) is 84.4 Å². The van der Waals surface area contributed by atoms with E-state index in [-0.39, 0.29) is 0 Å². The summed E-state index contributed by atoms with van der Waals surface area (Å²) in [6.07, 6.45) is 1.87. The molecule has 11 aromatic rings. The van der Waals surface area contributed by atoms with Gasteiger partial charge in [-0.15, -0.1) is 0 Å². The fraction of sp³-hybridized carbons (Fsp3) is 0.0769. The molecule has 12 rings (SSSR count). The number of hydrogen-bond acceptors (Lipinski definition) is 5. The minimum atomic E-state index is 0.683. The van der Waals surface area contributed by atoms with Crippen LogP contribution in [0.1, 0.15) is 16.7 Å². The second kappa shape index (κ2) is 12.7. The number of fused-ring (bicyclic) bond motifs is 13. The van der Waals surface area contributed by atoms with Crippen LogP contribution in [0.5, 0.6) is 11.5 Å². The first kappa shape index (κ1) is 33.5. The summed E-state index contributed by atoms with van der Waals surface area (Å²) >= 11 is 0. The van der Waals surface area contributed by atoms with Crippen molar-refractivity contribution in [2.75, 3.05) is 16.5 Å². The Kier molecular flexibility index (Phi) is 7.20. The lowest BCUT2D eigenvalue weighted by molar-refractivity contribution is 0.487. The maximum absolute atomic E-state index is 7.26.